The van der Waals surface area contributed by atoms with Crippen molar-refractivity contribution in [3.8, 4) is 0 Å². The van der Waals surface area contributed by atoms with E-state index in [0.717, 1.165) is 24.9 Å². The summed E-state index contributed by atoms with van der Waals surface area (Å²) in [5, 5.41) is 12.4. The van der Waals surface area contributed by atoms with Crippen LogP contribution in [-0.2, 0) is 4.74 Å². The number of nitrogens with one attached hydrogen (secondary N) is 1. The van der Waals surface area contributed by atoms with Crippen molar-refractivity contribution in [3.05, 3.63) is 24.3 Å². The van der Waals surface area contributed by atoms with Crippen LogP contribution >= 0.6 is 0 Å². The number of anilines is 2. The molecular formula is C14H23N5O2. The first-order chi connectivity index (χ1) is 10.1. The fourth-order valence-corrected chi connectivity index (χ4v) is 2.44. The second-order valence-electron chi connectivity index (χ2n) is 5.03. The summed E-state index contributed by atoms with van der Waals surface area (Å²) in [6, 6.07) is 0. The van der Waals surface area contributed by atoms with Gasteiger partial charge in [-0.3, -0.25) is 4.90 Å². The summed E-state index contributed by atoms with van der Waals surface area (Å²) in [7, 11) is 0. The van der Waals surface area contributed by atoms with Crippen LogP contribution in [0.25, 0.3) is 0 Å². The minimum Gasteiger partial charge on any atom is -0.394 e. The molecule has 2 rings (SSSR count). The largest absolute Gasteiger partial charge is 0.394 e. The Morgan fingerprint density at radius 1 is 1.57 bits per heavy atom. The quantitative estimate of drug-likeness (QED) is 0.712. The summed E-state index contributed by atoms with van der Waals surface area (Å²) in [5.41, 5.74) is 6.66. The molecular weight excluding hydrogens is 270 g/mol. The zero-order valence-electron chi connectivity index (χ0n) is 12.5. The van der Waals surface area contributed by atoms with Crippen LogP contribution in [0.2, 0.25) is 0 Å². The highest BCUT2D eigenvalue weighted by Gasteiger charge is 2.33. The predicted molar refractivity (Wildman–Crippen MR) is 81.5 cm³/mol. The van der Waals surface area contributed by atoms with Crippen LogP contribution in [0.4, 0.5) is 11.6 Å². The Bertz CT molecular complexity index is 508. The average Bonchev–Trinajstić information content (AvgIpc) is 2.93. The van der Waals surface area contributed by atoms with Gasteiger partial charge in [0.2, 0.25) is 0 Å². The second kappa shape index (κ2) is 6.73. The minimum atomic E-state index is -0.221. The molecule has 0 aromatic carbocycles. The van der Waals surface area contributed by atoms with Gasteiger partial charge >= 0.3 is 0 Å². The lowest BCUT2D eigenvalue weighted by atomic mass is 10.2. The molecule has 2 unspecified atom stereocenters. The van der Waals surface area contributed by atoms with Crippen molar-refractivity contribution >= 4 is 11.6 Å². The van der Waals surface area contributed by atoms with E-state index in [9.17, 15) is 5.11 Å². The summed E-state index contributed by atoms with van der Waals surface area (Å²) < 4.78 is 5.86. The van der Waals surface area contributed by atoms with Gasteiger partial charge in [-0.2, -0.15) is 0 Å². The first-order valence-corrected chi connectivity index (χ1v) is 7.13. The molecule has 1 aliphatic rings. The maximum atomic E-state index is 9.25. The van der Waals surface area contributed by atoms with Crippen molar-refractivity contribution in [2.75, 3.05) is 23.8 Å². The third-order valence-electron chi connectivity index (χ3n) is 3.57. The number of nitrogens with zero attached hydrogens (tertiary/aromatic N) is 3. The topological polar surface area (TPSA) is 96.5 Å². The van der Waals surface area contributed by atoms with Crippen LogP contribution in [-0.4, -0.2) is 40.6 Å². The number of ether oxygens (including phenoxy) is 1. The molecule has 4 N–H and O–H groups in total. The van der Waals surface area contributed by atoms with Crippen molar-refractivity contribution in [3.63, 3.8) is 0 Å². The molecule has 0 amide bonds. The molecule has 2 atom stereocenters. The predicted octanol–water partition coefficient (Wildman–Crippen LogP) is 0.752. The van der Waals surface area contributed by atoms with Crippen molar-refractivity contribution in [2.24, 2.45) is 0 Å². The van der Waals surface area contributed by atoms with Crippen LogP contribution < -0.4 is 16.0 Å². The highest BCUT2D eigenvalue weighted by Crippen LogP contribution is 2.31. The van der Waals surface area contributed by atoms with E-state index in [0.29, 0.717) is 17.5 Å². The number of aliphatic hydroxyl groups excluding tert-OH is 1. The molecule has 0 aliphatic carbocycles. The fourth-order valence-electron chi connectivity index (χ4n) is 2.44. The molecule has 1 aliphatic heterocycles. The number of hydrogen-bond acceptors (Lipinski definition) is 7. The average molecular weight is 293 g/mol. The van der Waals surface area contributed by atoms with Gasteiger partial charge in [0, 0.05) is 12.1 Å². The van der Waals surface area contributed by atoms with E-state index in [1.807, 2.05) is 18.7 Å². The highest BCUT2D eigenvalue weighted by atomic mass is 16.5. The summed E-state index contributed by atoms with van der Waals surface area (Å²) in [4.78, 5) is 10.2. The molecule has 0 saturated carbocycles. The molecule has 21 heavy (non-hydrogen) atoms. The molecule has 7 heteroatoms. The van der Waals surface area contributed by atoms with E-state index in [4.69, 9.17) is 10.5 Å². The van der Waals surface area contributed by atoms with Crippen molar-refractivity contribution in [1.82, 2.24) is 15.3 Å². The number of nitrogen functional groups attached to an aromatic ring is 1. The third kappa shape index (κ3) is 3.25. The number of nitrogens with two attached hydrogens (primary N) is 1. The first-order valence-electron chi connectivity index (χ1n) is 7.13. The van der Waals surface area contributed by atoms with Gasteiger partial charge < -0.3 is 20.9 Å². The van der Waals surface area contributed by atoms with E-state index < -0.39 is 0 Å². The van der Waals surface area contributed by atoms with Crippen molar-refractivity contribution in [1.29, 1.82) is 0 Å². The van der Waals surface area contributed by atoms with Gasteiger partial charge in [-0.05, 0) is 26.7 Å². The third-order valence-corrected chi connectivity index (χ3v) is 3.57. The van der Waals surface area contributed by atoms with E-state index in [-0.39, 0.29) is 18.9 Å². The van der Waals surface area contributed by atoms with Crippen LogP contribution in [0.1, 0.15) is 25.3 Å². The van der Waals surface area contributed by atoms with Crippen LogP contribution in [0.15, 0.2) is 18.7 Å². The first kappa shape index (κ1) is 15.5. The number of hydrogen-bond donors (Lipinski definition) is 3. The molecule has 7 nitrogen and oxygen atoms in total. The monoisotopic (exact) mass is 293 g/mol. The molecule has 1 fully saturated rings. The van der Waals surface area contributed by atoms with Crippen LogP contribution in [0.3, 0.4) is 0 Å². The van der Waals surface area contributed by atoms with Crippen LogP contribution in [0, 0.1) is 6.92 Å². The Hall–Kier alpha value is -1.86. The lowest BCUT2D eigenvalue weighted by Gasteiger charge is -2.32. The zero-order chi connectivity index (χ0) is 15.4. The maximum absolute atomic E-state index is 9.25. The van der Waals surface area contributed by atoms with E-state index in [1.165, 1.54) is 6.33 Å². The molecule has 1 aromatic heterocycles. The molecule has 1 saturated heterocycles. The Labute approximate surface area is 124 Å². The SMILES string of the molecule is C=C(NCC)N(c1ncnc(N)c1C)C1CCC(CO)O1. The lowest BCUT2D eigenvalue weighted by molar-refractivity contribution is 0.0125. The van der Waals surface area contributed by atoms with Gasteiger partial charge in [0.1, 0.15) is 30.0 Å². The van der Waals surface area contributed by atoms with Crippen LogP contribution in [0.5, 0.6) is 0 Å². The fraction of sp³-hybridized carbons (Fsp3) is 0.571. The highest BCUT2D eigenvalue weighted by molar-refractivity contribution is 5.58. The summed E-state index contributed by atoms with van der Waals surface area (Å²) >= 11 is 0. The standard InChI is InChI=1S/C14H23N5O2/c1-4-16-10(3)19(12-6-5-11(7-20)21-12)14-9(2)13(15)17-8-18-14/h8,11-12,16,20H,3-7H2,1-2H3,(H2,15,17,18). The maximum Gasteiger partial charge on any atom is 0.144 e. The van der Waals surface area contributed by atoms with Gasteiger partial charge in [-0.1, -0.05) is 6.58 Å². The van der Waals surface area contributed by atoms with Gasteiger partial charge in [-0.15, -0.1) is 0 Å². The Morgan fingerprint density at radius 3 is 2.95 bits per heavy atom. The lowest BCUT2D eigenvalue weighted by Crippen LogP contribution is -2.41. The van der Waals surface area contributed by atoms with E-state index in [1.54, 1.807) is 0 Å². The molecule has 0 spiro atoms. The van der Waals surface area contributed by atoms with Gasteiger partial charge in [0.25, 0.3) is 0 Å². The number of aliphatic hydroxyl groups is 1. The Kier molecular flexibility index (Phi) is 4.98. The molecule has 2 heterocycles. The summed E-state index contributed by atoms with van der Waals surface area (Å²) in [6.45, 7) is 8.68. The van der Waals surface area contributed by atoms with E-state index in [2.05, 4.69) is 21.9 Å². The molecule has 116 valence electrons. The van der Waals surface area contributed by atoms with Gasteiger partial charge in [0.15, 0.2) is 0 Å². The van der Waals surface area contributed by atoms with Crippen molar-refractivity contribution in [2.45, 2.75) is 39.0 Å². The van der Waals surface area contributed by atoms with E-state index >= 15 is 0 Å². The minimum absolute atomic E-state index is 0.0168. The smallest absolute Gasteiger partial charge is 0.144 e. The van der Waals surface area contributed by atoms with Gasteiger partial charge in [0.05, 0.1) is 12.7 Å². The molecule has 0 radical (unpaired) electrons. The Morgan fingerprint density at radius 2 is 2.33 bits per heavy atom. The summed E-state index contributed by atoms with van der Waals surface area (Å²) in [5.74, 6) is 1.81. The second-order valence-corrected chi connectivity index (χ2v) is 5.03. The van der Waals surface area contributed by atoms with Gasteiger partial charge in [-0.25, -0.2) is 9.97 Å². The zero-order valence-corrected chi connectivity index (χ0v) is 12.5. The van der Waals surface area contributed by atoms with Crippen molar-refractivity contribution < 1.29 is 9.84 Å². The normalized spacial score (nSPS) is 21.3. The number of rotatable bonds is 6. The Balaban J connectivity index is 2.32. The molecule has 1 aromatic rings. The number of aromatic nitrogens is 2. The molecule has 0 bridgehead atoms. The summed E-state index contributed by atoms with van der Waals surface area (Å²) in [6.07, 6.45) is 2.66.